The van der Waals surface area contributed by atoms with Crippen molar-refractivity contribution < 1.29 is 44.1 Å². The molecule has 18 heavy (non-hydrogen) atoms. The second-order valence-electron chi connectivity index (χ2n) is 5.47. The molecule has 3 atom stereocenters. The molecule has 1 saturated heterocycles. The van der Waals surface area contributed by atoms with Crippen LogP contribution in [0.15, 0.2) is 0 Å². The smallest absolute Gasteiger partial charge is 0.798 e. The van der Waals surface area contributed by atoms with Crippen molar-refractivity contribution in [3.05, 3.63) is 0 Å². The third kappa shape index (κ3) is 4.59. The molecule has 3 unspecified atom stereocenters. The third-order valence-electron chi connectivity index (χ3n) is 4.05. The normalized spacial score (nSPS) is 33.4. The van der Waals surface area contributed by atoms with E-state index in [1.54, 1.807) is 0 Å². The molecule has 1 heterocycles. The molecule has 6 heteroatoms. The van der Waals surface area contributed by atoms with Crippen molar-refractivity contribution in [3.63, 3.8) is 0 Å². The Morgan fingerprint density at radius 1 is 1.11 bits per heavy atom. The van der Waals surface area contributed by atoms with Gasteiger partial charge >= 0.3 is 29.6 Å². The number of rotatable bonds is 3. The Hall–Kier alpha value is 1.11. The summed E-state index contributed by atoms with van der Waals surface area (Å²) in [6.45, 7) is 1.80. The van der Waals surface area contributed by atoms with Gasteiger partial charge in [0.1, 0.15) is 0 Å². The number of nitrogens with zero attached hydrogens (tertiary/aromatic N) is 1. The van der Waals surface area contributed by atoms with Crippen LogP contribution in [-0.4, -0.2) is 41.1 Å². The molecule has 0 aromatic rings. The van der Waals surface area contributed by atoms with Gasteiger partial charge in [0, 0.05) is 19.3 Å². The van der Waals surface area contributed by atoms with Crippen LogP contribution < -0.4 is 34.5 Å². The summed E-state index contributed by atoms with van der Waals surface area (Å²) in [5.74, 6) is 0. The van der Waals surface area contributed by atoms with Crippen LogP contribution in [0.4, 0.5) is 0 Å². The van der Waals surface area contributed by atoms with Crippen molar-refractivity contribution in [1.82, 2.24) is 4.90 Å². The first kappa shape index (κ1) is 17.2. The third-order valence-corrected chi connectivity index (χ3v) is 6.45. The fraction of sp³-hybridized carbons (Fsp3) is 1.00. The van der Waals surface area contributed by atoms with E-state index in [9.17, 15) is 14.6 Å². The standard InChI is InChI=1S/C12H24NO3P.Na/c14-11-6-2-3-7-12(11)17(15,16)10-13-8-4-1-5-9-13;/h11-12,14H,1-10H2,(H,15,16);/q;+1/p-1. The van der Waals surface area contributed by atoms with Gasteiger partial charge in [0.05, 0.1) is 6.10 Å². The number of likely N-dealkylation sites (tertiary alicyclic amines) is 1. The molecule has 100 valence electrons. The predicted molar refractivity (Wildman–Crippen MR) is 66.2 cm³/mol. The van der Waals surface area contributed by atoms with Crippen LogP contribution >= 0.6 is 7.37 Å². The van der Waals surface area contributed by atoms with Crippen molar-refractivity contribution in [2.75, 3.05) is 19.4 Å². The van der Waals surface area contributed by atoms with Crippen LogP contribution in [0.25, 0.3) is 0 Å². The van der Waals surface area contributed by atoms with Gasteiger partial charge in [0.2, 0.25) is 0 Å². The summed E-state index contributed by atoms with van der Waals surface area (Å²) in [4.78, 5) is 14.3. The number of hydrogen-bond acceptors (Lipinski definition) is 4. The van der Waals surface area contributed by atoms with Crippen LogP contribution in [-0.2, 0) is 4.57 Å². The zero-order valence-corrected chi connectivity index (χ0v) is 14.3. The summed E-state index contributed by atoms with van der Waals surface area (Å²) in [6.07, 6.45) is 6.17. The minimum atomic E-state index is -3.47. The molecule has 4 nitrogen and oxygen atoms in total. The average molecular weight is 283 g/mol. The SMILES string of the molecule is O=P([O-])(CN1CCCCC1)C1CCCCC1O.[Na+]. The van der Waals surface area contributed by atoms with E-state index >= 15 is 0 Å². The summed E-state index contributed by atoms with van der Waals surface area (Å²) in [6, 6.07) is 0. The first-order valence-corrected chi connectivity index (χ1v) is 8.68. The van der Waals surface area contributed by atoms with E-state index in [0.717, 1.165) is 38.8 Å². The van der Waals surface area contributed by atoms with Gasteiger partial charge in [-0.3, -0.25) is 4.90 Å². The average Bonchev–Trinajstić information content (AvgIpc) is 2.30. The van der Waals surface area contributed by atoms with E-state index in [2.05, 4.69) is 0 Å². The quantitative estimate of drug-likeness (QED) is 0.499. The maximum atomic E-state index is 12.3. The molecule has 0 radical (unpaired) electrons. The van der Waals surface area contributed by atoms with Gasteiger partial charge in [-0.1, -0.05) is 19.3 Å². The van der Waals surface area contributed by atoms with Crippen LogP contribution in [0, 0.1) is 0 Å². The molecule has 1 aliphatic heterocycles. The number of piperidine rings is 1. The molecule has 0 aromatic heterocycles. The molecule has 2 aliphatic rings. The van der Waals surface area contributed by atoms with Crippen LogP contribution in [0.2, 0.25) is 0 Å². The topological polar surface area (TPSA) is 63.6 Å². The summed E-state index contributed by atoms with van der Waals surface area (Å²) in [5.41, 5.74) is -0.488. The van der Waals surface area contributed by atoms with E-state index in [4.69, 9.17) is 0 Å². The van der Waals surface area contributed by atoms with Gasteiger partial charge in [0.25, 0.3) is 0 Å². The zero-order valence-electron chi connectivity index (χ0n) is 11.4. The Morgan fingerprint density at radius 3 is 2.33 bits per heavy atom. The zero-order chi connectivity index (χ0) is 12.3. The molecule has 1 aliphatic carbocycles. The molecular weight excluding hydrogens is 260 g/mol. The predicted octanol–water partition coefficient (Wildman–Crippen LogP) is -1.62. The summed E-state index contributed by atoms with van der Waals surface area (Å²) in [7, 11) is -3.47. The molecule has 1 saturated carbocycles. The molecule has 1 N–H and O–H groups in total. The van der Waals surface area contributed by atoms with E-state index in [0.29, 0.717) is 12.8 Å². The monoisotopic (exact) mass is 283 g/mol. The van der Waals surface area contributed by atoms with Crippen LogP contribution in [0.5, 0.6) is 0 Å². The molecular formula is C12H23NNaO3P. The first-order chi connectivity index (χ1) is 8.09. The van der Waals surface area contributed by atoms with Crippen molar-refractivity contribution >= 4 is 7.37 Å². The maximum absolute atomic E-state index is 12.3. The Balaban J connectivity index is 0.00000162. The Morgan fingerprint density at radius 2 is 1.72 bits per heavy atom. The van der Waals surface area contributed by atoms with Gasteiger partial charge in [-0.15, -0.1) is 0 Å². The Labute approximate surface area is 132 Å². The first-order valence-electron chi connectivity index (χ1n) is 6.80. The molecule has 0 aromatic carbocycles. The van der Waals surface area contributed by atoms with E-state index < -0.39 is 19.1 Å². The van der Waals surface area contributed by atoms with Crippen LogP contribution in [0.3, 0.4) is 0 Å². The number of aliphatic hydroxyl groups excluding tert-OH is 1. The van der Waals surface area contributed by atoms with Gasteiger partial charge in [-0.25, -0.2) is 0 Å². The minimum Gasteiger partial charge on any atom is -0.798 e. The molecule has 0 spiro atoms. The fourth-order valence-corrected chi connectivity index (χ4v) is 5.33. The van der Waals surface area contributed by atoms with Gasteiger partial charge in [-0.2, -0.15) is 0 Å². The van der Waals surface area contributed by atoms with E-state index in [1.165, 1.54) is 6.42 Å². The second-order valence-corrected chi connectivity index (χ2v) is 7.86. The summed E-state index contributed by atoms with van der Waals surface area (Å²) in [5, 5.41) is 9.84. The van der Waals surface area contributed by atoms with Gasteiger partial charge < -0.3 is 14.6 Å². The van der Waals surface area contributed by atoms with Gasteiger partial charge in [-0.05, 0) is 38.8 Å². The fourth-order valence-electron chi connectivity index (χ4n) is 3.04. The van der Waals surface area contributed by atoms with Crippen molar-refractivity contribution in [1.29, 1.82) is 0 Å². The molecule has 2 fully saturated rings. The van der Waals surface area contributed by atoms with Crippen molar-refractivity contribution in [3.8, 4) is 0 Å². The van der Waals surface area contributed by atoms with Gasteiger partial charge in [0.15, 0.2) is 0 Å². The summed E-state index contributed by atoms with van der Waals surface area (Å²) < 4.78 is 12.3. The van der Waals surface area contributed by atoms with E-state index in [1.807, 2.05) is 4.90 Å². The molecule has 0 amide bonds. The largest absolute Gasteiger partial charge is 1.00 e. The molecule has 0 bridgehead atoms. The maximum Gasteiger partial charge on any atom is 1.00 e. The van der Waals surface area contributed by atoms with Crippen molar-refractivity contribution in [2.45, 2.75) is 56.7 Å². The van der Waals surface area contributed by atoms with Crippen LogP contribution in [0.1, 0.15) is 44.9 Å². The van der Waals surface area contributed by atoms with Crippen molar-refractivity contribution in [2.24, 2.45) is 0 Å². The second kappa shape index (κ2) is 7.78. The summed E-state index contributed by atoms with van der Waals surface area (Å²) >= 11 is 0. The molecule has 2 rings (SSSR count). The number of aliphatic hydroxyl groups is 1. The number of hydrogen-bond donors (Lipinski definition) is 1. The Kier molecular flexibility index (Phi) is 7.41. The Bertz CT molecular complexity index is 297. The van der Waals surface area contributed by atoms with E-state index in [-0.39, 0.29) is 35.8 Å². The minimum absolute atomic E-state index is 0.